The lowest BCUT2D eigenvalue weighted by Gasteiger charge is -2.12. The molecule has 106 valence electrons. The summed E-state index contributed by atoms with van der Waals surface area (Å²) in [7, 11) is 0. The third-order valence-corrected chi connectivity index (χ3v) is 2.87. The molecular weight excluding hydrogens is 264 g/mol. The summed E-state index contributed by atoms with van der Waals surface area (Å²) in [6.45, 7) is 2.30. The van der Waals surface area contributed by atoms with E-state index in [2.05, 4.69) is 11.2 Å². The maximum Gasteiger partial charge on any atom is 0.261 e. The highest BCUT2D eigenvalue weighted by Crippen LogP contribution is 2.25. The molecule has 0 saturated heterocycles. The Labute approximate surface area is 123 Å². The Kier molecular flexibility index (Phi) is 4.47. The lowest BCUT2D eigenvalue weighted by Crippen LogP contribution is -2.16. The molecule has 0 unspecified atom stereocenters. The van der Waals surface area contributed by atoms with Gasteiger partial charge in [0.15, 0.2) is 0 Å². The lowest BCUT2D eigenvalue weighted by molar-refractivity contribution is 0.102. The Morgan fingerprint density at radius 3 is 2.81 bits per heavy atom. The van der Waals surface area contributed by atoms with E-state index >= 15 is 0 Å². The van der Waals surface area contributed by atoms with Crippen LogP contribution in [0.25, 0.3) is 0 Å². The van der Waals surface area contributed by atoms with Gasteiger partial charge in [0.2, 0.25) is 0 Å². The van der Waals surface area contributed by atoms with E-state index in [1.54, 1.807) is 42.5 Å². The van der Waals surface area contributed by atoms with Crippen LogP contribution in [0.2, 0.25) is 0 Å². The van der Waals surface area contributed by atoms with E-state index in [0.717, 1.165) is 0 Å². The molecule has 0 saturated carbocycles. The SMILES string of the molecule is C#Cc1cccc(NC(=O)c2c(N)cccc2OCC)c1. The first kappa shape index (κ1) is 14.5. The Balaban J connectivity index is 2.30. The third-order valence-electron chi connectivity index (χ3n) is 2.87. The summed E-state index contributed by atoms with van der Waals surface area (Å²) in [4.78, 5) is 12.4. The van der Waals surface area contributed by atoms with E-state index in [1.165, 1.54) is 0 Å². The number of rotatable bonds is 4. The number of hydrogen-bond donors (Lipinski definition) is 2. The van der Waals surface area contributed by atoms with Crippen LogP contribution in [0.4, 0.5) is 11.4 Å². The number of terminal acetylenes is 1. The van der Waals surface area contributed by atoms with Crippen molar-refractivity contribution in [2.24, 2.45) is 0 Å². The number of carbonyl (C=O) groups is 1. The normalized spacial score (nSPS) is 9.71. The minimum Gasteiger partial charge on any atom is -0.493 e. The van der Waals surface area contributed by atoms with Gasteiger partial charge in [-0.2, -0.15) is 0 Å². The molecule has 0 spiro atoms. The van der Waals surface area contributed by atoms with Crippen molar-refractivity contribution in [1.29, 1.82) is 0 Å². The molecular formula is C17H16N2O2. The summed E-state index contributed by atoms with van der Waals surface area (Å²) in [5.74, 6) is 2.66. The molecule has 2 aromatic carbocycles. The van der Waals surface area contributed by atoms with Crippen LogP contribution in [0.1, 0.15) is 22.8 Å². The fraction of sp³-hybridized carbons (Fsp3) is 0.118. The number of nitrogens with one attached hydrogen (secondary N) is 1. The second-order valence-corrected chi connectivity index (χ2v) is 4.33. The van der Waals surface area contributed by atoms with E-state index in [1.807, 2.05) is 6.92 Å². The summed E-state index contributed by atoms with van der Waals surface area (Å²) >= 11 is 0. The zero-order valence-electron chi connectivity index (χ0n) is 11.7. The number of anilines is 2. The minimum atomic E-state index is -0.328. The van der Waals surface area contributed by atoms with Gasteiger partial charge in [-0.3, -0.25) is 4.79 Å². The van der Waals surface area contributed by atoms with Crippen LogP contribution < -0.4 is 15.8 Å². The van der Waals surface area contributed by atoms with Crippen LogP contribution in [-0.4, -0.2) is 12.5 Å². The highest BCUT2D eigenvalue weighted by Gasteiger charge is 2.16. The molecule has 3 N–H and O–H groups in total. The Bertz CT molecular complexity index is 702. The van der Waals surface area contributed by atoms with Crippen LogP contribution in [0.3, 0.4) is 0 Å². The molecule has 0 aromatic heterocycles. The molecule has 2 aromatic rings. The Morgan fingerprint density at radius 1 is 1.33 bits per heavy atom. The molecule has 21 heavy (non-hydrogen) atoms. The molecule has 0 atom stereocenters. The van der Waals surface area contributed by atoms with Crippen LogP contribution in [0.15, 0.2) is 42.5 Å². The van der Waals surface area contributed by atoms with E-state index < -0.39 is 0 Å². The van der Waals surface area contributed by atoms with E-state index in [4.69, 9.17) is 16.9 Å². The van der Waals surface area contributed by atoms with Crippen molar-refractivity contribution < 1.29 is 9.53 Å². The first-order chi connectivity index (χ1) is 10.2. The number of hydrogen-bond acceptors (Lipinski definition) is 3. The van der Waals surface area contributed by atoms with Gasteiger partial charge in [-0.1, -0.05) is 18.1 Å². The van der Waals surface area contributed by atoms with E-state index in [9.17, 15) is 4.79 Å². The number of nitrogens with two attached hydrogens (primary N) is 1. The first-order valence-corrected chi connectivity index (χ1v) is 6.55. The van der Waals surface area contributed by atoms with Gasteiger partial charge in [-0.25, -0.2) is 0 Å². The molecule has 0 aliphatic rings. The predicted octanol–water partition coefficient (Wildman–Crippen LogP) is 2.90. The largest absolute Gasteiger partial charge is 0.493 e. The highest BCUT2D eigenvalue weighted by molar-refractivity contribution is 6.09. The summed E-state index contributed by atoms with van der Waals surface area (Å²) in [5.41, 5.74) is 7.89. The maximum atomic E-state index is 12.4. The Morgan fingerprint density at radius 2 is 2.10 bits per heavy atom. The van der Waals surface area contributed by atoms with Gasteiger partial charge in [0.25, 0.3) is 5.91 Å². The lowest BCUT2D eigenvalue weighted by atomic mass is 10.1. The summed E-state index contributed by atoms with van der Waals surface area (Å²) in [5, 5.41) is 2.78. The average Bonchev–Trinajstić information content (AvgIpc) is 2.47. The number of ether oxygens (including phenoxy) is 1. The molecule has 4 nitrogen and oxygen atoms in total. The van der Waals surface area contributed by atoms with E-state index in [-0.39, 0.29) is 5.91 Å². The zero-order chi connectivity index (χ0) is 15.2. The van der Waals surface area contributed by atoms with Gasteiger partial charge in [-0.05, 0) is 37.3 Å². The fourth-order valence-corrected chi connectivity index (χ4v) is 1.95. The Hall–Kier alpha value is -2.93. The van der Waals surface area contributed by atoms with Gasteiger partial charge < -0.3 is 15.8 Å². The predicted molar refractivity (Wildman–Crippen MR) is 84.4 cm³/mol. The van der Waals surface area contributed by atoms with Crippen LogP contribution >= 0.6 is 0 Å². The van der Waals surface area contributed by atoms with Crippen molar-refractivity contribution in [3.8, 4) is 18.1 Å². The van der Waals surface area contributed by atoms with Gasteiger partial charge >= 0.3 is 0 Å². The van der Waals surface area contributed by atoms with Crippen molar-refractivity contribution in [3.05, 3.63) is 53.6 Å². The quantitative estimate of drug-likeness (QED) is 0.668. The smallest absolute Gasteiger partial charge is 0.261 e. The van der Waals surface area contributed by atoms with Crippen molar-refractivity contribution in [3.63, 3.8) is 0 Å². The van der Waals surface area contributed by atoms with Gasteiger partial charge in [0.1, 0.15) is 11.3 Å². The standard InChI is InChI=1S/C17H16N2O2/c1-3-12-7-5-8-13(11-12)19-17(20)16-14(18)9-6-10-15(16)21-4-2/h1,5-11H,4,18H2,2H3,(H,19,20). The maximum absolute atomic E-state index is 12.4. The molecule has 0 bridgehead atoms. The third kappa shape index (κ3) is 3.34. The second-order valence-electron chi connectivity index (χ2n) is 4.33. The topological polar surface area (TPSA) is 64.4 Å². The molecule has 0 radical (unpaired) electrons. The number of nitrogen functional groups attached to an aromatic ring is 1. The molecule has 2 rings (SSSR count). The monoisotopic (exact) mass is 280 g/mol. The molecule has 0 fully saturated rings. The fourth-order valence-electron chi connectivity index (χ4n) is 1.95. The van der Waals surface area contributed by atoms with Crippen molar-refractivity contribution >= 4 is 17.3 Å². The molecule has 1 amide bonds. The van der Waals surface area contributed by atoms with Crippen LogP contribution in [0, 0.1) is 12.3 Å². The van der Waals surface area contributed by atoms with Crippen molar-refractivity contribution in [2.45, 2.75) is 6.92 Å². The zero-order valence-corrected chi connectivity index (χ0v) is 11.7. The molecule has 0 aliphatic carbocycles. The van der Waals surface area contributed by atoms with Crippen LogP contribution in [-0.2, 0) is 0 Å². The second kappa shape index (κ2) is 6.49. The van der Waals surface area contributed by atoms with Gasteiger partial charge in [0, 0.05) is 16.9 Å². The number of benzene rings is 2. The highest BCUT2D eigenvalue weighted by atomic mass is 16.5. The number of amides is 1. The molecule has 0 heterocycles. The minimum absolute atomic E-state index is 0.325. The molecule has 4 heteroatoms. The number of carbonyl (C=O) groups excluding carboxylic acids is 1. The van der Waals surface area contributed by atoms with Crippen molar-refractivity contribution in [1.82, 2.24) is 0 Å². The van der Waals surface area contributed by atoms with Gasteiger partial charge in [0.05, 0.1) is 6.61 Å². The van der Waals surface area contributed by atoms with Gasteiger partial charge in [-0.15, -0.1) is 6.42 Å². The first-order valence-electron chi connectivity index (χ1n) is 6.55. The average molecular weight is 280 g/mol. The summed E-state index contributed by atoms with van der Waals surface area (Å²) in [6.07, 6.45) is 5.35. The van der Waals surface area contributed by atoms with Crippen LogP contribution in [0.5, 0.6) is 5.75 Å². The summed E-state index contributed by atoms with van der Waals surface area (Å²) < 4.78 is 5.45. The van der Waals surface area contributed by atoms with Crippen molar-refractivity contribution in [2.75, 3.05) is 17.7 Å². The van der Waals surface area contributed by atoms with E-state index in [0.29, 0.717) is 34.9 Å². The summed E-state index contributed by atoms with van der Waals surface area (Å²) in [6, 6.07) is 12.2. The molecule has 0 aliphatic heterocycles.